The Balaban J connectivity index is 2.14. The molecule has 0 radical (unpaired) electrons. The van der Waals surface area contributed by atoms with Crippen LogP contribution in [0.15, 0.2) is 24.3 Å². The molecule has 1 atom stereocenters. The number of para-hydroxylation sites is 1. The summed E-state index contributed by atoms with van der Waals surface area (Å²) in [5.41, 5.74) is 2.00. The molecule has 1 aromatic rings. The fourth-order valence-corrected chi connectivity index (χ4v) is 2.61. The van der Waals surface area contributed by atoms with E-state index in [9.17, 15) is 9.90 Å². The number of carboxylic acid groups (broad SMARTS) is 1. The predicted octanol–water partition coefficient (Wildman–Crippen LogP) is 3.33. The van der Waals surface area contributed by atoms with Crippen molar-refractivity contribution in [3.63, 3.8) is 0 Å². The van der Waals surface area contributed by atoms with Gasteiger partial charge in [0, 0.05) is 18.3 Å². The van der Waals surface area contributed by atoms with Crippen LogP contribution in [0.1, 0.15) is 39.2 Å². The summed E-state index contributed by atoms with van der Waals surface area (Å²) >= 11 is 0. The minimum atomic E-state index is -0.717. The number of nitrogens with zero attached hydrogens (tertiary/aromatic N) is 1. The molecule has 1 heterocycles. The lowest BCUT2D eigenvalue weighted by atomic mass is 9.88. The van der Waals surface area contributed by atoms with Gasteiger partial charge in [0.1, 0.15) is 0 Å². The van der Waals surface area contributed by atoms with Crippen molar-refractivity contribution >= 4 is 11.7 Å². The number of carboxylic acids is 1. The van der Waals surface area contributed by atoms with E-state index in [1.807, 2.05) is 0 Å². The highest BCUT2D eigenvalue weighted by molar-refractivity contribution is 5.73. The molecule has 0 bridgehead atoms. The number of anilines is 1. The summed E-state index contributed by atoms with van der Waals surface area (Å²) < 4.78 is 0. The number of rotatable bonds is 4. The highest BCUT2D eigenvalue weighted by Gasteiger charge is 2.30. The number of fused-ring (bicyclic) bond motifs is 1. The first-order valence-electron chi connectivity index (χ1n) is 7.00. The van der Waals surface area contributed by atoms with Crippen LogP contribution in [-0.4, -0.2) is 23.7 Å². The summed E-state index contributed by atoms with van der Waals surface area (Å²) in [4.78, 5) is 13.6. The molecular weight excluding hydrogens is 238 g/mol. The van der Waals surface area contributed by atoms with Crippen molar-refractivity contribution in [3.8, 4) is 0 Å². The Morgan fingerprint density at radius 2 is 2.11 bits per heavy atom. The van der Waals surface area contributed by atoms with E-state index in [2.05, 4.69) is 36.1 Å². The number of hydrogen-bond acceptors (Lipinski definition) is 2. The van der Waals surface area contributed by atoms with Crippen LogP contribution in [0.5, 0.6) is 0 Å². The molecule has 1 aromatic carbocycles. The maximum Gasteiger partial charge on any atom is 0.309 e. The number of aliphatic carboxylic acids is 1. The van der Waals surface area contributed by atoms with Crippen molar-refractivity contribution in [3.05, 3.63) is 29.8 Å². The fraction of sp³-hybridized carbons (Fsp3) is 0.562. The highest BCUT2D eigenvalue weighted by Crippen LogP contribution is 2.32. The zero-order valence-corrected chi connectivity index (χ0v) is 12.0. The SMILES string of the molecule is CC1CCc2ccccc2N1CCC(C)(C)C(=O)O. The van der Waals surface area contributed by atoms with E-state index in [4.69, 9.17) is 0 Å². The minimum absolute atomic E-state index is 0.486. The van der Waals surface area contributed by atoms with Gasteiger partial charge in [0.15, 0.2) is 0 Å². The van der Waals surface area contributed by atoms with E-state index < -0.39 is 11.4 Å². The van der Waals surface area contributed by atoms with Gasteiger partial charge in [0.2, 0.25) is 0 Å². The molecule has 1 aliphatic rings. The average Bonchev–Trinajstić information content (AvgIpc) is 2.37. The number of benzene rings is 1. The minimum Gasteiger partial charge on any atom is -0.481 e. The Kier molecular flexibility index (Phi) is 3.83. The third-order valence-electron chi connectivity index (χ3n) is 4.22. The first kappa shape index (κ1) is 13.9. The zero-order valence-electron chi connectivity index (χ0n) is 12.0. The summed E-state index contributed by atoms with van der Waals surface area (Å²) in [6.07, 6.45) is 2.93. The van der Waals surface area contributed by atoms with Crippen molar-refractivity contribution in [2.45, 2.75) is 46.1 Å². The van der Waals surface area contributed by atoms with Crippen LogP contribution in [0.25, 0.3) is 0 Å². The molecule has 19 heavy (non-hydrogen) atoms. The van der Waals surface area contributed by atoms with Crippen LogP contribution in [0, 0.1) is 5.41 Å². The smallest absolute Gasteiger partial charge is 0.309 e. The van der Waals surface area contributed by atoms with E-state index in [1.54, 1.807) is 13.8 Å². The predicted molar refractivity (Wildman–Crippen MR) is 77.6 cm³/mol. The maximum atomic E-state index is 11.2. The van der Waals surface area contributed by atoms with E-state index in [0.717, 1.165) is 19.4 Å². The second-order valence-corrected chi connectivity index (χ2v) is 6.15. The van der Waals surface area contributed by atoms with Gasteiger partial charge in [-0.15, -0.1) is 0 Å². The topological polar surface area (TPSA) is 40.5 Å². The monoisotopic (exact) mass is 261 g/mol. The lowest BCUT2D eigenvalue weighted by Crippen LogP contribution is -2.40. The van der Waals surface area contributed by atoms with Crippen molar-refractivity contribution < 1.29 is 9.90 Å². The second kappa shape index (κ2) is 5.24. The summed E-state index contributed by atoms with van der Waals surface area (Å²) in [6, 6.07) is 8.95. The Morgan fingerprint density at radius 3 is 2.79 bits per heavy atom. The quantitative estimate of drug-likeness (QED) is 0.903. The molecule has 0 aromatic heterocycles. The third kappa shape index (κ3) is 2.91. The summed E-state index contributed by atoms with van der Waals surface area (Å²) in [6.45, 7) is 6.63. The molecule has 3 heteroatoms. The van der Waals surface area contributed by atoms with Crippen LogP contribution < -0.4 is 4.90 Å². The van der Waals surface area contributed by atoms with Gasteiger partial charge in [-0.25, -0.2) is 0 Å². The van der Waals surface area contributed by atoms with Gasteiger partial charge in [-0.2, -0.15) is 0 Å². The number of carbonyl (C=O) groups is 1. The lowest BCUT2D eigenvalue weighted by Gasteiger charge is -2.38. The molecule has 0 saturated heterocycles. The van der Waals surface area contributed by atoms with Gasteiger partial charge < -0.3 is 10.0 Å². The van der Waals surface area contributed by atoms with Crippen LogP contribution >= 0.6 is 0 Å². The first-order valence-corrected chi connectivity index (χ1v) is 7.00. The zero-order chi connectivity index (χ0) is 14.0. The standard InChI is InChI=1S/C16H23NO2/c1-12-8-9-13-6-4-5-7-14(13)17(12)11-10-16(2,3)15(18)19/h4-7,12H,8-11H2,1-3H3,(H,18,19). The molecule has 0 amide bonds. The van der Waals surface area contributed by atoms with E-state index in [1.165, 1.54) is 11.3 Å². The van der Waals surface area contributed by atoms with E-state index in [-0.39, 0.29) is 0 Å². The fourth-order valence-electron chi connectivity index (χ4n) is 2.61. The maximum absolute atomic E-state index is 11.2. The van der Waals surface area contributed by atoms with Gasteiger partial charge in [-0.05, 0) is 51.7 Å². The summed E-state index contributed by atoms with van der Waals surface area (Å²) in [5, 5.41) is 9.21. The van der Waals surface area contributed by atoms with Crippen LogP contribution in [0.3, 0.4) is 0 Å². The molecule has 3 nitrogen and oxygen atoms in total. The van der Waals surface area contributed by atoms with Crippen molar-refractivity contribution in [2.75, 3.05) is 11.4 Å². The van der Waals surface area contributed by atoms with E-state index >= 15 is 0 Å². The molecule has 1 aliphatic heterocycles. The van der Waals surface area contributed by atoms with Crippen LogP contribution in [0.4, 0.5) is 5.69 Å². The van der Waals surface area contributed by atoms with Crippen molar-refractivity contribution in [1.29, 1.82) is 0 Å². The van der Waals surface area contributed by atoms with Crippen LogP contribution in [-0.2, 0) is 11.2 Å². The largest absolute Gasteiger partial charge is 0.481 e. The first-order chi connectivity index (χ1) is 8.92. The Labute approximate surface area is 115 Å². The van der Waals surface area contributed by atoms with Gasteiger partial charge in [-0.3, -0.25) is 4.79 Å². The molecule has 1 unspecified atom stereocenters. The summed E-state index contributed by atoms with van der Waals surface area (Å²) in [7, 11) is 0. The molecule has 104 valence electrons. The average molecular weight is 261 g/mol. The molecule has 1 N–H and O–H groups in total. The number of aryl methyl sites for hydroxylation is 1. The molecule has 0 aliphatic carbocycles. The molecule has 0 fully saturated rings. The third-order valence-corrected chi connectivity index (χ3v) is 4.22. The summed E-state index contributed by atoms with van der Waals surface area (Å²) in [5.74, 6) is -0.717. The van der Waals surface area contributed by atoms with Crippen molar-refractivity contribution in [2.24, 2.45) is 5.41 Å². The molecule has 0 spiro atoms. The molecular formula is C16H23NO2. The second-order valence-electron chi connectivity index (χ2n) is 6.15. The Bertz CT molecular complexity index is 468. The molecule has 2 rings (SSSR count). The van der Waals surface area contributed by atoms with Gasteiger partial charge in [0.25, 0.3) is 0 Å². The highest BCUT2D eigenvalue weighted by atomic mass is 16.4. The van der Waals surface area contributed by atoms with Crippen molar-refractivity contribution in [1.82, 2.24) is 0 Å². The van der Waals surface area contributed by atoms with Gasteiger partial charge >= 0.3 is 5.97 Å². The lowest BCUT2D eigenvalue weighted by molar-refractivity contribution is -0.147. The number of hydrogen-bond donors (Lipinski definition) is 1. The Morgan fingerprint density at radius 1 is 1.42 bits per heavy atom. The Hall–Kier alpha value is -1.51. The molecule has 0 saturated carbocycles. The van der Waals surface area contributed by atoms with Gasteiger partial charge in [0.05, 0.1) is 5.41 Å². The normalized spacial score (nSPS) is 19.1. The van der Waals surface area contributed by atoms with E-state index in [0.29, 0.717) is 12.5 Å². The van der Waals surface area contributed by atoms with Gasteiger partial charge in [-0.1, -0.05) is 18.2 Å². The van der Waals surface area contributed by atoms with Crippen LogP contribution in [0.2, 0.25) is 0 Å².